The van der Waals surface area contributed by atoms with Gasteiger partial charge in [-0.25, -0.2) is 8.42 Å². The summed E-state index contributed by atoms with van der Waals surface area (Å²) in [6.45, 7) is 4.43. The van der Waals surface area contributed by atoms with Crippen molar-refractivity contribution in [2.75, 3.05) is 0 Å². The molecule has 0 saturated carbocycles. The molecule has 0 amide bonds. The van der Waals surface area contributed by atoms with Crippen LogP contribution in [0.1, 0.15) is 128 Å². The largest absolute Gasteiger partial charge is 2.00 e. The van der Waals surface area contributed by atoms with Gasteiger partial charge in [-0.05, 0) is 79.8 Å². The molecule has 13 heteroatoms. The van der Waals surface area contributed by atoms with Crippen molar-refractivity contribution in [3.05, 3.63) is 96.1 Å². The molecule has 0 atom stereocenters. The molecule has 0 radical (unpaired) electrons. The van der Waals surface area contributed by atoms with Gasteiger partial charge in [0, 0.05) is 12.1 Å². The number of benzene rings is 4. The normalized spacial score (nSPS) is 11.3. The molecular weight excluding hydrogens is 793 g/mol. The molecule has 4 aromatic carbocycles. The Morgan fingerprint density at radius 1 is 0.526 bits per heavy atom. The number of ether oxygens (including phenoxy) is 2. The van der Waals surface area contributed by atoms with Gasteiger partial charge >= 0.3 is 37.7 Å². The Morgan fingerprint density at radius 2 is 0.930 bits per heavy atom. The molecule has 2 N–H and O–H groups in total. The third kappa shape index (κ3) is 20.1. The van der Waals surface area contributed by atoms with E-state index in [0.717, 1.165) is 55.7 Å². The van der Waals surface area contributed by atoms with E-state index in [0.29, 0.717) is 11.5 Å². The molecule has 0 aliphatic heterocycles. The molecule has 308 valence electrons. The van der Waals surface area contributed by atoms with Crippen molar-refractivity contribution >= 4 is 58.0 Å². The molecule has 0 saturated heterocycles. The quantitative estimate of drug-likeness (QED) is 0.0392. The van der Waals surface area contributed by atoms with Gasteiger partial charge in [0.25, 0.3) is 10.1 Å². The summed E-state index contributed by atoms with van der Waals surface area (Å²) in [5, 5.41) is 22.5. The summed E-state index contributed by atoms with van der Waals surface area (Å²) >= 11 is 0. The second-order valence-electron chi connectivity index (χ2n) is 14.1. The Balaban J connectivity index is 0.000000387. The number of phenols is 1. The molecule has 10 nitrogen and oxygen atoms in total. The predicted octanol–water partition coefficient (Wildman–Crippen LogP) is 10.9. The number of phenolic OH excluding ortho intramolecular Hbond substituents is 1. The van der Waals surface area contributed by atoms with E-state index < -0.39 is 20.2 Å². The zero-order valence-electron chi connectivity index (χ0n) is 33.5. The number of unbranched alkanes of at least 4 members (excludes halogenated alkanes) is 14. The zero-order chi connectivity index (χ0) is 40.8. The van der Waals surface area contributed by atoms with Crippen LogP contribution in [0.25, 0.3) is 0 Å². The minimum Gasteiger partial charge on any atom is -0.872 e. The Kier molecular flexibility index (Phi) is 23.8. The van der Waals surface area contributed by atoms with Crippen LogP contribution in [0.2, 0.25) is 0 Å². The summed E-state index contributed by atoms with van der Waals surface area (Å²) in [7, 11) is -8.83. The number of rotatable bonds is 24. The molecule has 0 heterocycles. The van der Waals surface area contributed by atoms with Gasteiger partial charge in [0.2, 0.25) is 0 Å². The SMILES string of the molecule is CCCCCCCCCCc1ccc(Oc2cccc(S(=O)(=O)O)c2)cc1O.CCCCCCCCCCc1ccc(Oc2cccc(S(=O)(=O)[O-])c2)cc1[O-].[Ca+2]. The second-order valence-corrected chi connectivity index (χ2v) is 16.9. The van der Waals surface area contributed by atoms with Gasteiger partial charge in [0.1, 0.15) is 38.9 Å². The molecule has 4 rings (SSSR count). The molecule has 0 fully saturated rings. The summed E-state index contributed by atoms with van der Waals surface area (Å²) in [6.07, 6.45) is 21.3. The van der Waals surface area contributed by atoms with Crippen LogP contribution in [0.3, 0.4) is 0 Å². The third-order valence-electron chi connectivity index (χ3n) is 9.36. The minimum atomic E-state index is -4.55. The molecule has 0 bridgehead atoms. The Bertz CT molecular complexity index is 1840. The van der Waals surface area contributed by atoms with Crippen molar-refractivity contribution in [1.82, 2.24) is 0 Å². The fraction of sp³-hybridized carbons (Fsp3) is 0.455. The van der Waals surface area contributed by atoms with E-state index in [2.05, 4.69) is 13.8 Å². The summed E-state index contributed by atoms with van der Waals surface area (Å²) in [5.41, 5.74) is 1.64. The van der Waals surface area contributed by atoms with E-state index in [1.54, 1.807) is 24.3 Å². The molecule has 0 spiro atoms. The average molecular weight is 851 g/mol. The van der Waals surface area contributed by atoms with Gasteiger partial charge in [-0.1, -0.05) is 134 Å². The Labute approximate surface area is 370 Å². The minimum absolute atomic E-state index is 0. The number of hydrogen-bond acceptors (Lipinski definition) is 9. The number of aryl methyl sites for hydroxylation is 2. The fourth-order valence-electron chi connectivity index (χ4n) is 6.19. The van der Waals surface area contributed by atoms with Crippen molar-refractivity contribution in [2.45, 2.75) is 139 Å². The first-order valence-corrected chi connectivity index (χ1v) is 22.8. The van der Waals surface area contributed by atoms with Gasteiger partial charge in [0.05, 0.1) is 9.79 Å². The average Bonchev–Trinajstić information content (AvgIpc) is 3.15. The van der Waals surface area contributed by atoms with Crippen LogP contribution in [-0.4, -0.2) is 68.8 Å². The summed E-state index contributed by atoms with van der Waals surface area (Å²) in [6, 6.07) is 20.9. The van der Waals surface area contributed by atoms with Crippen molar-refractivity contribution in [3.8, 4) is 34.5 Å². The molecule has 0 aliphatic rings. The first kappa shape index (κ1) is 50.3. The van der Waals surface area contributed by atoms with Gasteiger partial charge in [0.15, 0.2) is 0 Å². The molecule has 0 unspecified atom stereocenters. The Morgan fingerprint density at radius 3 is 1.39 bits per heavy atom. The zero-order valence-corrected chi connectivity index (χ0v) is 37.3. The third-order valence-corrected chi connectivity index (χ3v) is 11.0. The van der Waals surface area contributed by atoms with Crippen molar-refractivity contribution in [2.24, 2.45) is 0 Å². The van der Waals surface area contributed by atoms with Crippen LogP contribution in [0.5, 0.6) is 34.5 Å². The maximum atomic E-state index is 12.3. The van der Waals surface area contributed by atoms with E-state index in [1.807, 2.05) is 6.07 Å². The van der Waals surface area contributed by atoms with E-state index in [4.69, 9.17) is 14.0 Å². The van der Waals surface area contributed by atoms with Gasteiger partial charge in [-0.3, -0.25) is 4.55 Å². The Hall–Kier alpha value is -2.84. The molecule has 57 heavy (non-hydrogen) atoms. The van der Waals surface area contributed by atoms with Crippen LogP contribution < -0.4 is 14.6 Å². The maximum Gasteiger partial charge on any atom is 2.00 e. The maximum absolute atomic E-state index is 12.3. The van der Waals surface area contributed by atoms with E-state index >= 15 is 0 Å². The predicted molar refractivity (Wildman–Crippen MR) is 223 cm³/mol. The van der Waals surface area contributed by atoms with Crippen LogP contribution in [0.15, 0.2) is 94.7 Å². The second kappa shape index (κ2) is 27.0. The number of hydrogen-bond donors (Lipinski definition) is 2. The monoisotopic (exact) mass is 850 g/mol. The molecule has 0 aliphatic carbocycles. The van der Waals surface area contributed by atoms with Crippen LogP contribution >= 0.6 is 0 Å². The molecule has 4 aromatic rings. The van der Waals surface area contributed by atoms with Gasteiger partial charge < -0.3 is 24.2 Å². The van der Waals surface area contributed by atoms with Gasteiger partial charge in [-0.15, -0.1) is 5.75 Å². The topological polar surface area (TPSA) is 173 Å². The van der Waals surface area contributed by atoms with E-state index in [-0.39, 0.29) is 70.5 Å². The standard InChI is InChI=1S/2C22H30O5S.Ca/c2*1-2-3-4-5-6-7-8-9-11-18-14-15-20(17-22(18)23)27-19-12-10-13-21(16-19)28(24,25)26;/h2*10,12-17,23H,2-9,11H2,1H3,(H,24,25,26);/q;;+2/p-2. The summed E-state index contributed by atoms with van der Waals surface area (Å²) < 4.78 is 75.9. The van der Waals surface area contributed by atoms with E-state index in [9.17, 15) is 31.6 Å². The van der Waals surface area contributed by atoms with Crippen LogP contribution in [0, 0.1) is 0 Å². The summed E-state index contributed by atoms with van der Waals surface area (Å²) in [4.78, 5) is -0.598. The van der Waals surface area contributed by atoms with Crippen LogP contribution in [0.4, 0.5) is 0 Å². The first-order chi connectivity index (χ1) is 26.8. The van der Waals surface area contributed by atoms with Crippen molar-refractivity contribution < 1.29 is 45.6 Å². The first-order valence-electron chi connectivity index (χ1n) is 19.9. The molecular formula is C44H58CaO10S2. The smallest absolute Gasteiger partial charge is 0.872 e. The summed E-state index contributed by atoms with van der Waals surface area (Å²) in [5.74, 6) is 1.28. The number of aromatic hydroxyl groups is 1. The van der Waals surface area contributed by atoms with Crippen LogP contribution in [-0.2, 0) is 33.1 Å². The van der Waals surface area contributed by atoms with Crippen molar-refractivity contribution in [1.29, 1.82) is 0 Å². The fourth-order valence-corrected chi connectivity index (χ4v) is 7.21. The molecule has 0 aromatic heterocycles. The van der Waals surface area contributed by atoms with Gasteiger partial charge in [-0.2, -0.15) is 8.42 Å². The van der Waals surface area contributed by atoms with Crippen molar-refractivity contribution in [3.63, 3.8) is 0 Å². The van der Waals surface area contributed by atoms with E-state index in [1.165, 1.54) is 126 Å².